The summed E-state index contributed by atoms with van der Waals surface area (Å²) in [5.74, 6) is -0.952. The molecule has 0 aliphatic carbocycles. The van der Waals surface area contributed by atoms with Gasteiger partial charge in [0.1, 0.15) is 5.82 Å². The second-order valence-electron chi connectivity index (χ2n) is 5.11. The zero-order valence-corrected chi connectivity index (χ0v) is 14.2. The van der Waals surface area contributed by atoms with Crippen LogP contribution in [-0.2, 0) is 0 Å². The molecule has 0 unspecified atom stereocenters. The summed E-state index contributed by atoms with van der Waals surface area (Å²) < 4.78 is 27.2. The summed E-state index contributed by atoms with van der Waals surface area (Å²) in [6.07, 6.45) is 0. The largest absolute Gasteiger partial charge is 0.340 e. The molecule has 0 radical (unpaired) electrons. The summed E-state index contributed by atoms with van der Waals surface area (Å²) in [4.78, 5) is 8.59. The first-order valence-electron chi connectivity index (χ1n) is 7.10. The number of hydrogen-bond donors (Lipinski definition) is 2. The van der Waals surface area contributed by atoms with Gasteiger partial charge >= 0.3 is 0 Å². The summed E-state index contributed by atoms with van der Waals surface area (Å²) in [6, 6.07) is 13.0. The number of benzene rings is 2. The minimum atomic E-state index is -0.930. The number of rotatable bonds is 4. The minimum Gasteiger partial charge on any atom is -0.340 e. The van der Waals surface area contributed by atoms with Gasteiger partial charge in [-0.3, -0.25) is 0 Å². The van der Waals surface area contributed by atoms with Gasteiger partial charge in [-0.05, 0) is 37.3 Å². The van der Waals surface area contributed by atoms with Gasteiger partial charge in [0.25, 0.3) is 0 Å². The van der Waals surface area contributed by atoms with E-state index in [2.05, 4.69) is 36.5 Å². The molecular weight excluding hydrogens is 378 g/mol. The number of aryl methyl sites for hydroxylation is 1. The third-order valence-electron chi connectivity index (χ3n) is 3.13. The second kappa shape index (κ2) is 6.92. The molecule has 24 heavy (non-hydrogen) atoms. The van der Waals surface area contributed by atoms with Gasteiger partial charge in [0.15, 0.2) is 11.6 Å². The van der Waals surface area contributed by atoms with Crippen LogP contribution in [0, 0.1) is 18.6 Å². The number of halogens is 3. The van der Waals surface area contributed by atoms with Crippen molar-refractivity contribution in [3.05, 3.63) is 70.3 Å². The highest BCUT2D eigenvalue weighted by molar-refractivity contribution is 9.10. The van der Waals surface area contributed by atoms with Gasteiger partial charge < -0.3 is 10.6 Å². The lowest BCUT2D eigenvalue weighted by atomic mass is 10.3. The maximum Gasteiger partial charge on any atom is 0.229 e. The molecule has 0 aliphatic heterocycles. The van der Waals surface area contributed by atoms with Crippen LogP contribution < -0.4 is 10.6 Å². The maximum absolute atomic E-state index is 13.3. The fourth-order valence-corrected chi connectivity index (χ4v) is 2.50. The van der Waals surface area contributed by atoms with Crippen molar-refractivity contribution >= 4 is 39.1 Å². The predicted octanol–water partition coefficient (Wildman–Crippen LogP) is 5.31. The van der Waals surface area contributed by atoms with Gasteiger partial charge in [-0.1, -0.05) is 22.0 Å². The van der Waals surface area contributed by atoms with E-state index in [0.29, 0.717) is 17.5 Å². The van der Waals surface area contributed by atoms with Crippen LogP contribution >= 0.6 is 15.9 Å². The fourth-order valence-electron chi connectivity index (χ4n) is 2.11. The average Bonchev–Trinajstić information content (AvgIpc) is 2.50. The summed E-state index contributed by atoms with van der Waals surface area (Å²) in [7, 11) is 0. The van der Waals surface area contributed by atoms with E-state index in [9.17, 15) is 8.78 Å². The molecule has 0 bridgehead atoms. The Bertz CT molecular complexity index is 886. The Morgan fingerprint density at radius 3 is 2.42 bits per heavy atom. The molecule has 1 heterocycles. The first-order chi connectivity index (χ1) is 11.5. The zero-order valence-electron chi connectivity index (χ0n) is 12.6. The minimum absolute atomic E-state index is 0.290. The van der Waals surface area contributed by atoms with Crippen molar-refractivity contribution < 1.29 is 8.78 Å². The highest BCUT2D eigenvalue weighted by atomic mass is 79.9. The average molecular weight is 391 g/mol. The molecule has 122 valence electrons. The summed E-state index contributed by atoms with van der Waals surface area (Å²) >= 11 is 3.41. The number of nitrogens with zero attached hydrogens (tertiary/aromatic N) is 2. The smallest absolute Gasteiger partial charge is 0.229 e. The van der Waals surface area contributed by atoms with E-state index in [1.54, 1.807) is 6.07 Å². The quantitative estimate of drug-likeness (QED) is 0.633. The van der Waals surface area contributed by atoms with Crippen molar-refractivity contribution in [2.24, 2.45) is 0 Å². The predicted molar refractivity (Wildman–Crippen MR) is 93.8 cm³/mol. The Labute approximate surface area is 146 Å². The molecule has 2 N–H and O–H groups in total. The monoisotopic (exact) mass is 390 g/mol. The van der Waals surface area contributed by atoms with Crippen LogP contribution in [0.4, 0.5) is 31.9 Å². The molecule has 7 heteroatoms. The molecule has 1 aromatic heterocycles. The fraction of sp³-hybridized carbons (Fsp3) is 0.0588. The van der Waals surface area contributed by atoms with E-state index in [4.69, 9.17) is 0 Å². The van der Waals surface area contributed by atoms with Gasteiger partial charge in [0.05, 0.1) is 0 Å². The molecule has 0 aliphatic rings. The summed E-state index contributed by atoms with van der Waals surface area (Å²) in [5.41, 5.74) is 1.96. The molecule has 0 spiro atoms. The molecule has 4 nitrogen and oxygen atoms in total. The normalized spacial score (nSPS) is 10.5. The zero-order chi connectivity index (χ0) is 17.1. The van der Waals surface area contributed by atoms with Crippen LogP contribution in [0.5, 0.6) is 0 Å². The van der Waals surface area contributed by atoms with Gasteiger partial charge in [-0.15, -0.1) is 0 Å². The Hall–Kier alpha value is -2.54. The van der Waals surface area contributed by atoms with Crippen molar-refractivity contribution in [3.8, 4) is 0 Å². The summed E-state index contributed by atoms with van der Waals surface area (Å²) in [5, 5.41) is 6.05. The topological polar surface area (TPSA) is 49.8 Å². The highest BCUT2D eigenvalue weighted by Crippen LogP contribution is 2.22. The summed E-state index contributed by atoms with van der Waals surface area (Å²) in [6.45, 7) is 1.82. The Balaban J connectivity index is 1.84. The number of aromatic nitrogens is 2. The van der Waals surface area contributed by atoms with E-state index < -0.39 is 11.6 Å². The van der Waals surface area contributed by atoms with Crippen molar-refractivity contribution in [2.45, 2.75) is 6.92 Å². The molecule has 0 atom stereocenters. The first-order valence-corrected chi connectivity index (χ1v) is 7.89. The Kier molecular flexibility index (Phi) is 4.71. The lowest BCUT2D eigenvalue weighted by molar-refractivity contribution is 0.509. The van der Waals surface area contributed by atoms with Crippen molar-refractivity contribution in [2.75, 3.05) is 10.6 Å². The van der Waals surface area contributed by atoms with Crippen LogP contribution in [-0.4, -0.2) is 9.97 Å². The van der Waals surface area contributed by atoms with Crippen LogP contribution in [0.15, 0.2) is 53.0 Å². The molecule has 0 amide bonds. The van der Waals surface area contributed by atoms with Gasteiger partial charge in [0.2, 0.25) is 5.95 Å². The lowest BCUT2D eigenvalue weighted by Gasteiger charge is -2.10. The number of anilines is 4. The standard InChI is InChI=1S/C17H13BrF2N4/c1-10-7-16(22-12-4-2-3-11(18)8-12)24-17(21-10)23-13-5-6-14(19)15(20)9-13/h2-9H,1H3,(H2,21,22,23,24). The van der Waals surface area contributed by atoms with E-state index in [-0.39, 0.29) is 0 Å². The molecule has 3 aromatic rings. The molecule has 3 rings (SSSR count). The maximum atomic E-state index is 13.3. The molecular formula is C17H13BrF2N4. The Morgan fingerprint density at radius 2 is 1.67 bits per heavy atom. The lowest BCUT2D eigenvalue weighted by Crippen LogP contribution is -2.02. The number of nitrogens with one attached hydrogen (secondary N) is 2. The molecule has 0 saturated carbocycles. The van der Waals surface area contributed by atoms with Gasteiger partial charge in [-0.25, -0.2) is 13.8 Å². The van der Waals surface area contributed by atoms with Crippen LogP contribution in [0.25, 0.3) is 0 Å². The van der Waals surface area contributed by atoms with Gasteiger partial charge in [0, 0.05) is 33.7 Å². The third kappa shape index (κ3) is 4.05. The van der Waals surface area contributed by atoms with Crippen molar-refractivity contribution in [1.29, 1.82) is 0 Å². The highest BCUT2D eigenvalue weighted by Gasteiger charge is 2.06. The Morgan fingerprint density at radius 1 is 0.875 bits per heavy atom. The third-order valence-corrected chi connectivity index (χ3v) is 3.62. The molecule has 2 aromatic carbocycles. The molecule has 0 saturated heterocycles. The second-order valence-corrected chi connectivity index (χ2v) is 6.02. The van der Waals surface area contributed by atoms with Crippen LogP contribution in [0.1, 0.15) is 5.69 Å². The van der Waals surface area contributed by atoms with E-state index in [1.165, 1.54) is 6.07 Å². The van der Waals surface area contributed by atoms with Crippen LogP contribution in [0.3, 0.4) is 0 Å². The van der Waals surface area contributed by atoms with E-state index >= 15 is 0 Å². The van der Waals surface area contributed by atoms with Gasteiger partial charge in [-0.2, -0.15) is 4.98 Å². The number of hydrogen-bond acceptors (Lipinski definition) is 4. The van der Waals surface area contributed by atoms with E-state index in [1.807, 2.05) is 31.2 Å². The van der Waals surface area contributed by atoms with Crippen molar-refractivity contribution in [1.82, 2.24) is 9.97 Å². The van der Waals surface area contributed by atoms with Crippen LogP contribution in [0.2, 0.25) is 0 Å². The van der Waals surface area contributed by atoms with Crippen molar-refractivity contribution in [3.63, 3.8) is 0 Å². The SMILES string of the molecule is Cc1cc(Nc2cccc(Br)c2)nc(Nc2ccc(F)c(F)c2)n1. The first kappa shape index (κ1) is 16.3. The van der Waals surface area contributed by atoms with E-state index in [0.717, 1.165) is 28.0 Å². The molecule has 0 fully saturated rings.